The molecule has 0 fully saturated rings. The second kappa shape index (κ2) is 12.9. The summed E-state index contributed by atoms with van der Waals surface area (Å²) in [4.78, 5) is 15.2. The lowest BCUT2D eigenvalue weighted by molar-refractivity contribution is 0.674. The van der Waals surface area contributed by atoms with Gasteiger partial charge in [0.1, 0.15) is 12.0 Å². The van der Waals surface area contributed by atoms with Crippen molar-refractivity contribution in [1.82, 2.24) is 10.3 Å². The molecule has 1 unspecified atom stereocenters. The van der Waals surface area contributed by atoms with E-state index in [-0.39, 0.29) is 12.1 Å². The van der Waals surface area contributed by atoms with Gasteiger partial charge in [0.05, 0.1) is 5.69 Å². The Bertz CT molecular complexity index is 3270. The van der Waals surface area contributed by atoms with Gasteiger partial charge in [-0.3, -0.25) is 4.98 Å². The molecule has 1 aliphatic heterocycles. The SMILES string of the molecule is c1ccc(C2=NC(c3ccc(-c4nccc5sc6ccc([C@H]7c8ccccc8-c8cc9c(cc87)sc7ccccc79)cc6c45)cc3)=NC(c3ccccc3)N2)cc1. The van der Waals surface area contributed by atoms with Crippen LogP contribution >= 0.6 is 22.7 Å². The Morgan fingerprint density at radius 3 is 2.09 bits per heavy atom. The molecule has 6 heteroatoms. The van der Waals surface area contributed by atoms with Crippen LogP contribution in [0, 0.1) is 0 Å². The molecule has 7 aromatic carbocycles. The number of hydrogen-bond donors (Lipinski definition) is 1. The van der Waals surface area contributed by atoms with Gasteiger partial charge in [0.25, 0.3) is 0 Å². The average Bonchev–Trinajstić information content (AvgIpc) is 3.95. The summed E-state index contributed by atoms with van der Waals surface area (Å²) in [5.74, 6) is 1.66. The maximum atomic E-state index is 5.09. The molecule has 2 atom stereocenters. The Labute approximate surface area is 337 Å². The van der Waals surface area contributed by atoms with Gasteiger partial charge in [0.2, 0.25) is 0 Å². The topological polar surface area (TPSA) is 49.6 Å². The van der Waals surface area contributed by atoms with Crippen LogP contribution in [-0.4, -0.2) is 16.7 Å². The van der Waals surface area contributed by atoms with Crippen LogP contribution in [-0.2, 0) is 0 Å². The number of amidine groups is 2. The van der Waals surface area contributed by atoms with E-state index in [0.29, 0.717) is 5.84 Å². The lowest BCUT2D eigenvalue weighted by atomic mass is 9.88. The highest BCUT2D eigenvalue weighted by atomic mass is 32.1. The number of aliphatic imine (C=N–C) groups is 2. The smallest absolute Gasteiger partial charge is 0.159 e. The van der Waals surface area contributed by atoms with Crippen molar-refractivity contribution in [2.24, 2.45) is 9.98 Å². The summed E-state index contributed by atoms with van der Waals surface area (Å²) < 4.78 is 5.19. The van der Waals surface area contributed by atoms with E-state index in [0.717, 1.165) is 33.8 Å². The van der Waals surface area contributed by atoms with Gasteiger partial charge in [-0.2, -0.15) is 0 Å². The number of nitrogens with zero attached hydrogens (tertiary/aromatic N) is 3. The summed E-state index contributed by atoms with van der Waals surface area (Å²) in [6.45, 7) is 0. The molecular weight excluding hydrogens is 733 g/mol. The monoisotopic (exact) mass is 764 g/mol. The van der Waals surface area contributed by atoms with Crippen molar-refractivity contribution in [3.05, 3.63) is 209 Å². The summed E-state index contributed by atoms with van der Waals surface area (Å²) in [5, 5.41) is 8.69. The van der Waals surface area contributed by atoms with E-state index in [1.54, 1.807) is 0 Å². The normalized spacial score (nSPS) is 16.1. The summed E-state index contributed by atoms with van der Waals surface area (Å²) in [7, 11) is 0. The van der Waals surface area contributed by atoms with Crippen LogP contribution in [0.1, 0.15) is 45.5 Å². The molecule has 0 saturated heterocycles. The number of hydrogen-bond acceptors (Lipinski definition) is 6. The van der Waals surface area contributed by atoms with Gasteiger partial charge in [0, 0.05) is 69.1 Å². The van der Waals surface area contributed by atoms with Crippen LogP contribution in [0.3, 0.4) is 0 Å². The lowest BCUT2D eigenvalue weighted by Gasteiger charge is -2.23. The van der Waals surface area contributed by atoms with Gasteiger partial charge in [-0.1, -0.05) is 133 Å². The molecule has 0 spiro atoms. The van der Waals surface area contributed by atoms with E-state index >= 15 is 0 Å². The van der Waals surface area contributed by atoms with E-state index in [1.807, 2.05) is 53.1 Å². The van der Waals surface area contributed by atoms with Gasteiger partial charge in [-0.05, 0) is 69.8 Å². The van der Waals surface area contributed by atoms with Crippen LogP contribution in [0.5, 0.6) is 0 Å². The fraction of sp³-hybridized carbons (Fsp3) is 0.0392. The molecule has 1 aliphatic carbocycles. The molecule has 57 heavy (non-hydrogen) atoms. The standard InChI is InChI=1S/C51H32N4S2/c1-3-11-31(12-4-1)49-53-50(32-13-5-2-6-14-32)55-51(54-49)33-21-19-30(20-22-33)48-47-41-27-34(23-24-43(41)56-44(47)25-26-52-48)46-37-17-8-7-15-35(37)38-28-39-36-16-9-10-18-42(36)57-45(39)29-40(38)46/h1-29,46,49H,(H,53,54,55)/t46-,49?/m0/s1. The zero-order chi connectivity index (χ0) is 37.5. The van der Waals surface area contributed by atoms with Crippen LogP contribution in [0.4, 0.5) is 0 Å². The van der Waals surface area contributed by atoms with Crippen molar-refractivity contribution in [3.63, 3.8) is 0 Å². The summed E-state index contributed by atoms with van der Waals surface area (Å²) >= 11 is 3.73. The Morgan fingerprint density at radius 2 is 1.21 bits per heavy atom. The summed E-state index contributed by atoms with van der Waals surface area (Å²) in [5.41, 5.74) is 11.9. The quantitative estimate of drug-likeness (QED) is 0.190. The van der Waals surface area contributed by atoms with E-state index in [2.05, 4.69) is 151 Å². The number of benzene rings is 7. The molecule has 4 heterocycles. The Balaban J connectivity index is 0.958. The van der Waals surface area contributed by atoms with Gasteiger partial charge < -0.3 is 5.32 Å². The summed E-state index contributed by atoms with van der Waals surface area (Å²) in [6.07, 6.45) is 1.70. The van der Waals surface area contributed by atoms with Crippen molar-refractivity contribution in [2.75, 3.05) is 0 Å². The van der Waals surface area contributed by atoms with E-state index in [4.69, 9.17) is 15.0 Å². The first-order valence-corrected chi connectivity index (χ1v) is 20.9. The summed E-state index contributed by atoms with van der Waals surface area (Å²) in [6, 6.07) is 61.1. The lowest BCUT2D eigenvalue weighted by Crippen LogP contribution is -2.33. The highest BCUT2D eigenvalue weighted by molar-refractivity contribution is 7.26. The molecule has 3 aromatic heterocycles. The van der Waals surface area contributed by atoms with Crippen LogP contribution in [0.2, 0.25) is 0 Å². The van der Waals surface area contributed by atoms with E-state index in [1.165, 1.54) is 68.2 Å². The molecule has 1 N–H and O–H groups in total. The van der Waals surface area contributed by atoms with Crippen molar-refractivity contribution in [3.8, 4) is 22.4 Å². The second-order valence-electron chi connectivity index (χ2n) is 14.8. The first-order valence-electron chi connectivity index (χ1n) is 19.2. The fourth-order valence-electron chi connectivity index (χ4n) is 8.82. The van der Waals surface area contributed by atoms with Gasteiger partial charge >= 0.3 is 0 Å². The number of nitrogens with one attached hydrogen (secondary N) is 1. The third kappa shape index (κ3) is 5.29. The molecule has 10 aromatic rings. The third-order valence-corrected chi connectivity index (χ3v) is 13.8. The minimum Gasteiger partial charge on any atom is -0.344 e. The van der Waals surface area contributed by atoms with Gasteiger partial charge in [-0.25, -0.2) is 9.98 Å². The second-order valence-corrected chi connectivity index (χ2v) is 16.9. The molecule has 0 radical (unpaired) electrons. The zero-order valence-electron chi connectivity index (χ0n) is 30.6. The first kappa shape index (κ1) is 32.5. The Hall–Kier alpha value is -6.73. The van der Waals surface area contributed by atoms with E-state index in [9.17, 15) is 0 Å². The molecule has 12 rings (SSSR count). The first-order chi connectivity index (χ1) is 28.2. The number of aromatic nitrogens is 1. The molecule has 268 valence electrons. The van der Waals surface area contributed by atoms with Crippen LogP contribution in [0.15, 0.2) is 186 Å². The van der Waals surface area contributed by atoms with Crippen molar-refractivity contribution >= 4 is 74.7 Å². The Kier molecular flexibility index (Phi) is 7.37. The Morgan fingerprint density at radius 1 is 0.474 bits per heavy atom. The van der Waals surface area contributed by atoms with Crippen molar-refractivity contribution in [1.29, 1.82) is 0 Å². The molecule has 0 saturated carbocycles. The molecular formula is C51H32N4S2. The third-order valence-electron chi connectivity index (χ3n) is 11.5. The van der Waals surface area contributed by atoms with Gasteiger partial charge in [-0.15, -0.1) is 22.7 Å². The van der Waals surface area contributed by atoms with Crippen molar-refractivity contribution < 1.29 is 0 Å². The van der Waals surface area contributed by atoms with Crippen molar-refractivity contribution in [2.45, 2.75) is 12.1 Å². The highest BCUT2D eigenvalue weighted by Gasteiger charge is 2.31. The zero-order valence-corrected chi connectivity index (χ0v) is 32.2. The van der Waals surface area contributed by atoms with E-state index < -0.39 is 0 Å². The molecule has 0 amide bonds. The molecule has 2 aliphatic rings. The van der Waals surface area contributed by atoms with Crippen LogP contribution in [0.25, 0.3) is 62.7 Å². The predicted octanol–water partition coefficient (Wildman–Crippen LogP) is 13.1. The van der Waals surface area contributed by atoms with Crippen LogP contribution < -0.4 is 5.32 Å². The average molecular weight is 765 g/mol. The number of fused-ring (bicyclic) bond motifs is 9. The highest BCUT2D eigenvalue weighted by Crippen LogP contribution is 2.52. The maximum absolute atomic E-state index is 5.09. The largest absolute Gasteiger partial charge is 0.344 e. The molecule has 0 bridgehead atoms. The number of thiophene rings is 2. The number of rotatable bonds is 5. The minimum atomic E-state index is -0.245. The maximum Gasteiger partial charge on any atom is 0.159 e. The van der Waals surface area contributed by atoms with Gasteiger partial charge in [0.15, 0.2) is 5.84 Å². The fourth-order valence-corrected chi connectivity index (χ4v) is 11.0. The molecule has 4 nitrogen and oxygen atoms in total. The predicted molar refractivity (Wildman–Crippen MR) is 240 cm³/mol. The minimum absolute atomic E-state index is 0.149. The number of pyridine rings is 1.